The Balaban J connectivity index is 1.70. The average Bonchev–Trinajstić information content (AvgIpc) is 2.99. The number of carbonyl (C=O) groups is 1. The van der Waals surface area contributed by atoms with Crippen LogP contribution >= 0.6 is 15.9 Å². The zero-order valence-corrected chi connectivity index (χ0v) is 17.5. The highest BCUT2D eigenvalue weighted by Crippen LogP contribution is 2.33. The molecule has 2 heterocycles. The van der Waals surface area contributed by atoms with Crippen LogP contribution in [-0.4, -0.2) is 17.6 Å². The van der Waals surface area contributed by atoms with E-state index in [0.29, 0.717) is 5.39 Å². The van der Waals surface area contributed by atoms with Gasteiger partial charge in [-0.15, -0.1) is 0 Å². The largest absolute Gasteiger partial charge is 0.497 e. The van der Waals surface area contributed by atoms with Crippen LogP contribution in [0.1, 0.15) is 47.4 Å². The van der Waals surface area contributed by atoms with Crippen LogP contribution < -0.4 is 15.5 Å². The number of carbonyl (C=O) groups excluding carboxylic acids is 1. The fraction of sp³-hybridized carbons (Fsp3) is 0.273. The van der Waals surface area contributed by atoms with E-state index in [4.69, 9.17) is 4.74 Å². The molecule has 1 aromatic heterocycles. The molecule has 3 aromatic rings. The first-order valence-electron chi connectivity index (χ1n) is 9.21. The van der Waals surface area contributed by atoms with Gasteiger partial charge in [0.2, 0.25) is 5.43 Å². The maximum atomic E-state index is 13.1. The second-order valence-electron chi connectivity index (χ2n) is 7.26. The van der Waals surface area contributed by atoms with E-state index in [-0.39, 0.29) is 29.0 Å². The Labute approximate surface area is 171 Å². The standard InChI is InChI=1S/C22H21BrN2O3/c1-12-8-15-9-16(23)10-18-20(15)25(12)11-19(21(18)26)22(27)24-13(2)14-4-6-17(28-3)7-5-14/h4-7,9-13H,8H2,1-3H3,(H,24,27)/t12-,13+/m0/s1. The molecule has 0 spiro atoms. The van der Waals surface area contributed by atoms with Gasteiger partial charge in [0.1, 0.15) is 11.3 Å². The predicted molar refractivity (Wildman–Crippen MR) is 113 cm³/mol. The Morgan fingerprint density at radius 2 is 2.00 bits per heavy atom. The molecular formula is C22H21BrN2O3. The molecule has 0 bridgehead atoms. The molecule has 0 fully saturated rings. The van der Waals surface area contributed by atoms with Crippen LogP contribution in [0.3, 0.4) is 0 Å². The number of nitrogens with one attached hydrogen (secondary N) is 1. The summed E-state index contributed by atoms with van der Waals surface area (Å²) in [6.07, 6.45) is 2.55. The molecule has 2 atom stereocenters. The maximum Gasteiger partial charge on any atom is 0.257 e. The van der Waals surface area contributed by atoms with E-state index in [9.17, 15) is 9.59 Å². The minimum Gasteiger partial charge on any atom is -0.497 e. The third-order valence-corrected chi connectivity index (χ3v) is 5.83. The number of methoxy groups -OCH3 is 1. The van der Waals surface area contributed by atoms with Crippen molar-refractivity contribution in [3.05, 3.63) is 74.0 Å². The van der Waals surface area contributed by atoms with Crippen molar-refractivity contribution in [3.8, 4) is 5.75 Å². The number of benzene rings is 2. The summed E-state index contributed by atoms with van der Waals surface area (Å²) >= 11 is 3.49. The molecule has 5 nitrogen and oxygen atoms in total. The smallest absolute Gasteiger partial charge is 0.257 e. The van der Waals surface area contributed by atoms with Gasteiger partial charge in [-0.2, -0.15) is 0 Å². The van der Waals surface area contributed by atoms with E-state index >= 15 is 0 Å². The summed E-state index contributed by atoms with van der Waals surface area (Å²) in [6.45, 7) is 3.99. The monoisotopic (exact) mass is 440 g/mol. The molecule has 144 valence electrons. The highest BCUT2D eigenvalue weighted by Gasteiger charge is 2.25. The molecule has 0 unspecified atom stereocenters. The van der Waals surface area contributed by atoms with E-state index in [1.54, 1.807) is 19.4 Å². The van der Waals surface area contributed by atoms with Crippen molar-refractivity contribution in [2.75, 3.05) is 7.11 Å². The molecular weight excluding hydrogens is 420 g/mol. The third-order valence-electron chi connectivity index (χ3n) is 5.37. The Morgan fingerprint density at radius 1 is 1.29 bits per heavy atom. The normalized spacial score (nSPS) is 16.2. The minimum atomic E-state index is -0.361. The zero-order chi connectivity index (χ0) is 20.0. The number of rotatable bonds is 4. The molecule has 0 saturated carbocycles. The summed E-state index contributed by atoms with van der Waals surface area (Å²) in [6, 6.07) is 11.3. The maximum absolute atomic E-state index is 13.1. The van der Waals surface area contributed by atoms with Gasteiger partial charge in [-0.1, -0.05) is 28.1 Å². The first kappa shape index (κ1) is 18.7. The molecule has 1 aliphatic heterocycles. The molecule has 28 heavy (non-hydrogen) atoms. The topological polar surface area (TPSA) is 60.3 Å². The zero-order valence-electron chi connectivity index (χ0n) is 16.0. The van der Waals surface area contributed by atoms with Crippen LogP contribution in [0.25, 0.3) is 10.9 Å². The second-order valence-corrected chi connectivity index (χ2v) is 8.18. The quantitative estimate of drug-likeness (QED) is 0.654. The fourth-order valence-corrected chi connectivity index (χ4v) is 4.38. The van der Waals surface area contributed by atoms with Crippen LogP contribution in [0.4, 0.5) is 0 Å². The second kappa shape index (κ2) is 7.09. The van der Waals surface area contributed by atoms with Gasteiger partial charge < -0.3 is 14.6 Å². The van der Waals surface area contributed by atoms with Crippen molar-refractivity contribution in [2.24, 2.45) is 0 Å². The Kier molecular flexibility index (Phi) is 4.75. The lowest BCUT2D eigenvalue weighted by atomic mass is 10.1. The van der Waals surface area contributed by atoms with Gasteiger partial charge in [0.25, 0.3) is 5.91 Å². The average molecular weight is 441 g/mol. The summed E-state index contributed by atoms with van der Waals surface area (Å²) in [7, 11) is 1.61. The molecule has 0 radical (unpaired) electrons. The molecule has 4 rings (SSSR count). The van der Waals surface area contributed by atoms with E-state index in [2.05, 4.69) is 28.2 Å². The van der Waals surface area contributed by atoms with E-state index in [1.807, 2.05) is 41.8 Å². The van der Waals surface area contributed by atoms with Crippen molar-refractivity contribution in [1.29, 1.82) is 0 Å². The lowest BCUT2D eigenvalue weighted by Gasteiger charge is -2.16. The number of amides is 1. The number of hydrogen-bond donors (Lipinski definition) is 1. The van der Waals surface area contributed by atoms with Gasteiger partial charge in [-0.05, 0) is 55.7 Å². The SMILES string of the molecule is COc1ccc([C@@H](C)NC(=O)c2cn3c4c(cc(Br)cc4c2=O)C[C@@H]3C)cc1. The number of hydrogen-bond acceptors (Lipinski definition) is 3. The van der Waals surface area contributed by atoms with Crippen molar-refractivity contribution in [2.45, 2.75) is 32.4 Å². The Bertz CT molecular complexity index is 1140. The van der Waals surface area contributed by atoms with Crippen molar-refractivity contribution < 1.29 is 9.53 Å². The molecule has 0 saturated heterocycles. The highest BCUT2D eigenvalue weighted by molar-refractivity contribution is 9.10. The highest BCUT2D eigenvalue weighted by atomic mass is 79.9. The lowest BCUT2D eigenvalue weighted by molar-refractivity contribution is 0.0938. The van der Waals surface area contributed by atoms with Gasteiger partial charge in [0.15, 0.2) is 0 Å². The number of ether oxygens (including phenoxy) is 1. The lowest BCUT2D eigenvalue weighted by Crippen LogP contribution is -2.31. The van der Waals surface area contributed by atoms with Gasteiger partial charge in [-0.25, -0.2) is 0 Å². The van der Waals surface area contributed by atoms with Crippen LogP contribution in [0.15, 0.2) is 51.9 Å². The summed E-state index contributed by atoms with van der Waals surface area (Å²) in [5.41, 5.74) is 2.94. The van der Waals surface area contributed by atoms with Crippen molar-refractivity contribution >= 4 is 32.7 Å². The molecule has 1 amide bonds. The fourth-order valence-electron chi connectivity index (χ4n) is 3.87. The van der Waals surface area contributed by atoms with Crippen molar-refractivity contribution in [3.63, 3.8) is 0 Å². The van der Waals surface area contributed by atoms with Crippen LogP contribution in [0.2, 0.25) is 0 Å². The van der Waals surface area contributed by atoms with Crippen molar-refractivity contribution in [1.82, 2.24) is 9.88 Å². The van der Waals surface area contributed by atoms with Crippen LogP contribution in [0.5, 0.6) is 5.75 Å². The molecule has 1 N–H and O–H groups in total. The first-order chi connectivity index (χ1) is 13.4. The van der Waals surface area contributed by atoms with E-state index in [0.717, 1.165) is 33.3 Å². The molecule has 0 aliphatic carbocycles. The van der Waals surface area contributed by atoms with Gasteiger partial charge in [0.05, 0.1) is 18.7 Å². The number of pyridine rings is 1. The van der Waals surface area contributed by atoms with Crippen LogP contribution in [-0.2, 0) is 6.42 Å². The van der Waals surface area contributed by atoms with Crippen LogP contribution in [0, 0.1) is 0 Å². The summed E-state index contributed by atoms with van der Waals surface area (Å²) < 4.78 is 8.08. The first-order valence-corrected chi connectivity index (χ1v) is 10.0. The summed E-state index contributed by atoms with van der Waals surface area (Å²) in [5.74, 6) is 0.396. The number of halogens is 1. The Morgan fingerprint density at radius 3 is 2.68 bits per heavy atom. The molecule has 1 aliphatic rings. The van der Waals surface area contributed by atoms with Gasteiger partial charge in [-0.3, -0.25) is 9.59 Å². The summed E-state index contributed by atoms with van der Waals surface area (Å²) in [5, 5.41) is 3.53. The van der Waals surface area contributed by atoms with Gasteiger partial charge in [0, 0.05) is 22.1 Å². The van der Waals surface area contributed by atoms with Gasteiger partial charge >= 0.3 is 0 Å². The predicted octanol–water partition coefficient (Wildman–Crippen LogP) is 4.38. The number of nitrogens with zero attached hydrogens (tertiary/aromatic N) is 1. The summed E-state index contributed by atoms with van der Waals surface area (Å²) in [4.78, 5) is 26.0. The third kappa shape index (κ3) is 3.11. The Hall–Kier alpha value is -2.60. The number of aromatic nitrogens is 1. The van der Waals surface area contributed by atoms with E-state index < -0.39 is 0 Å². The molecule has 6 heteroatoms. The van der Waals surface area contributed by atoms with E-state index in [1.165, 1.54) is 0 Å². The molecule has 2 aromatic carbocycles. The minimum absolute atomic E-state index is 0.172.